The van der Waals surface area contributed by atoms with Crippen molar-refractivity contribution in [2.75, 3.05) is 32.8 Å². The van der Waals surface area contributed by atoms with E-state index in [4.69, 9.17) is 19.4 Å². The van der Waals surface area contributed by atoms with Crippen LogP contribution in [0.2, 0.25) is 0 Å². The van der Waals surface area contributed by atoms with Gasteiger partial charge in [-0.3, -0.25) is 14.6 Å². The van der Waals surface area contributed by atoms with E-state index in [0.29, 0.717) is 26.3 Å². The molecule has 2 amide bonds. The number of amides is 2. The largest absolute Gasteiger partial charge is 0.492 e. The van der Waals surface area contributed by atoms with Crippen LogP contribution in [0.15, 0.2) is 24.5 Å². The van der Waals surface area contributed by atoms with Gasteiger partial charge < -0.3 is 24.8 Å². The maximum Gasteiger partial charge on any atom is 0.490 e. The van der Waals surface area contributed by atoms with Crippen LogP contribution in [0.5, 0.6) is 5.75 Å². The highest BCUT2D eigenvalue weighted by Gasteiger charge is 2.48. The normalized spacial score (nSPS) is 22.6. The van der Waals surface area contributed by atoms with Crippen molar-refractivity contribution in [2.24, 2.45) is 5.92 Å². The highest BCUT2D eigenvalue weighted by molar-refractivity contribution is 5.83. The van der Waals surface area contributed by atoms with Crippen LogP contribution < -0.4 is 10.1 Å². The number of carbonyl (C=O) groups excluding carboxylic acids is 2. The van der Waals surface area contributed by atoms with Crippen LogP contribution in [0.1, 0.15) is 26.2 Å². The van der Waals surface area contributed by atoms with Gasteiger partial charge in [-0.1, -0.05) is 0 Å². The van der Waals surface area contributed by atoms with Gasteiger partial charge in [0, 0.05) is 25.6 Å². The number of morpholine rings is 1. The lowest BCUT2D eigenvalue weighted by atomic mass is 9.89. The van der Waals surface area contributed by atoms with Crippen LogP contribution in [-0.4, -0.2) is 77.4 Å². The van der Waals surface area contributed by atoms with E-state index in [1.54, 1.807) is 12.4 Å². The van der Waals surface area contributed by atoms with Gasteiger partial charge in [0.2, 0.25) is 11.8 Å². The average molecular weight is 461 g/mol. The molecule has 0 aromatic carbocycles. The smallest absolute Gasteiger partial charge is 0.490 e. The lowest BCUT2D eigenvalue weighted by molar-refractivity contribution is -0.192. The topological polar surface area (TPSA) is 118 Å². The van der Waals surface area contributed by atoms with E-state index in [9.17, 15) is 22.8 Å². The van der Waals surface area contributed by atoms with Gasteiger partial charge in [-0.25, -0.2) is 4.79 Å². The number of carboxylic acid groups (broad SMARTS) is 1. The molecule has 1 aromatic heterocycles. The number of aromatic nitrogens is 1. The number of nitrogens with one attached hydrogen (secondary N) is 1. The monoisotopic (exact) mass is 461 g/mol. The van der Waals surface area contributed by atoms with Gasteiger partial charge in [0.05, 0.1) is 38.1 Å². The molecule has 12 heteroatoms. The highest BCUT2D eigenvalue weighted by Crippen LogP contribution is 2.41. The summed E-state index contributed by atoms with van der Waals surface area (Å²) in [7, 11) is 0. The van der Waals surface area contributed by atoms with Crippen LogP contribution in [0.4, 0.5) is 13.2 Å². The molecule has 0 bridgehead atoms. The first-order valence-corrected chi connectivity index (χ1v) is 10.0. The Bertz CT molecular complexity index is 793. The van der Waals surface area contributed by atoms with Crippen LogP contribution in [0.3, 0.4) is 0 Å². The third-order valence-corrected chi connectivity index (χ3v) is 5.28. The van der Waals surface area contributed by atoms with Crippen molar-refractivity contribution in [3.8, 4) is 5.75 Å². The number of carboxylic acids is 1. The van der Waals surface area contributed by atoms with E-state index < -0.39 is 12.1 Å². The molecule has 1 spiro atoms. The molecule has 1 saturated heterocycles. The Hall–Kier alpha value is -2.89. The van der Waals surface area contributed by atoms with Gasteiger partial charge in [-0.2, -0.15) is 13.2 Å². The van der Waals surface area contributed by atoms with E-state index in [0.717, 1.165) is 25.0 Å². The number of hydrogen-bond donors (Lipinski definition) is 2. The van der Waals surface area contributed by atoms with Gasteiger partial charge in [0.15, 0.2) is 0 Å². The first kappa shape index (κ1) is 25.4. The molecule has 2 aliphatic rings. The van der Waals surface area contributed by atoms with Gasteiger partial charge in [-0.05, 0) is 31.4 Å². The number of halogens is 3. The van der Waals surface area contributed by atoms with Crippen molar-refractivity contribution in [3.05, 3.63) is 24.5 Å². The summed E-state index contributed by atoms with van der Waals surface area (Å²) in [5.41, 5.74) is -0.341. The van der Waals surface area contributed by atoms with Gasteiger partial charge >= 0.3 is 12.1 Å². The van der Waals surface area contributed by atoms with E-state index in [1.165, 1.54) is 6.92 Å². The molecule has 0 radical (unpaired) electrons. The number of alkyl halides is 3. The molecule has 1 aromatic rings. The molecule has 1 saturated carbocycles. The van der Waals surface area contributed by atoms with E-state index in [-0.39, 0.29) is 29.9 Å². The lowest BCUT2D eigenvalue weighted by Gasteiger charge is -2.44. The second kappa shape index (κ2) is 11.1. The molecule has 3 rings (SSSR count). The van der Waals surface area contributed by atoms with Crippen molar-refractivity contribution in [1.29, 1.82) is 0 Å². The number of ether oxygens (including phenoxy) is 2. The first-order chi connectivity index (χ1) is 15.0. The Balaban J connectivity index is 0.000000451. The molecule has 0 unspecified atom stereocenters. The van der Waals surface area contributed by atoms with Gasteiger partial charge in [-0.15, -0.1) is 0 Å². The maximum atomic E-state index is 12.3. The molecule has 32 heavy (non-hydrogen) atoms. The quantitative estimate of drug-likeness (QED) is 0.684. The molecule has 2 fully saturated rings. The Kier molecular flexibility index (Phi) is 8.81. The molecule has 9 nitrogen and oxygen atoms in total. The Morgan fingerprint density at radius 1 is 1.41 bits per heavy atom. The number of aliphatic carboxylic acids is 1. The number of nitrogens with zero attached hydrogens (tertiary/aromatic N) is 2. The zero-order valence-corrected chi connectivity index (χ0v) is 17.6. The molecular weight excluding hydrogens is 435 g/mol. The highest BCUT2D eigenvalue weighted by atomic mass is 19.4. The third kappa shape index (κ3) is 7.36. The number of pyridine rings is 1. The predicted molar refractivity (Wildman–Crippen MR) is 105 cm³/mol. The van der Waals surface area contributed by atoms with Crippen molar-refractivity contribution < 1.29 is 42.1 Å². The lowest BCUT2D eigenvalue weighted by Crippen LogP contribution is -2.57. The van der Waals surface area contributed by atoms with Crippen molar-refractivity contribution in [3.63, 3.8) is 0 Å². The Morgan fingerprint density at radius 2 is 2.12 bits per heavy atom. The number of carbonyl (C=O) groups is 3. The minimum Gasteiger partial charge on any atom is -0.492 e. The van der Waals surface area contributed by atoms with Crippen LogP contribution in [-0.2, 0) is 19.1 Å². The zero-order valence-electron chi connectivity index (χ0n) is 17.6. The fourth-order valence-electron chi connectivity index (χ4n) is 3.71. The molecular formula is C20H26F3N3O6. The molecule has 178 valence electrons. The second-order valence-electron chi connectivity index (χ2n) is 7.53. The minimum atomic E-state index is -5.08. The SMILES string of the molecule is CC(=O)NCC(=O)N1CCO[C@]2(CCC[C@H]2COc2cccnc2)C1.O=C(O)C(F)(F)F. The summed E-state index contributed by atoms with van der Waals surface area (Å²) < 4.78 is 43.8. The summed E-state index contributed by atoms with van der Waals surface area (Å²) in [4.78, 5) is 38.1. The van der Waals surface area contributed by atoms with Crippen LogP contribution in [0, 0.1) is 5.92 Å². The van der Waals surface area contributed by atoms with Crippen molar-refractivity contribution in [1.82, 2.24) is 15.2 Å². The number of hydrogen-bond acceptors (Lipinski definition) is 6. The van der Waals surface area contributed by atoms with Crippen molar-refractivity contribution in [2.45, 2.75) is 38.0 Å². The second-order valence-corrected chi connectivity index (χ2v) is 7.53. The molecule has 1 aliphatic heterocycles. The summed E-state index contributed by atoms with van der Waals surface area (Å²) in [6.07, 6.45) is 1.35. The first-order valence-electron chi connectivity index (χ1n) is 10.0. The fraction of sp³-hybridized carbons (Fsp3) is 0.600. The standard InChI is InChI=1S/C18H25N3O4.C2HF3O2/c1-14(22)20-11-17(23)21-8-9-25-18(13-21)6-2-4-15(18)12-24-16-5-3-7-19-10-16;3-2(4,5)1(6)7/h3,5,7,10,15H,2,4,6,8-9,11-13H2,1H3,(H,20,22);(H,6,7)/t15-,18+;/m0./s1. The molecule has 2 heterocycles. The molecule has 1 aliphatic carbocycles. The van der Waals surface area contributed by atoms with Gasteiger partial charge in [0.25, 0.3) is 0 Å². The summed E-state index contributed by atoms with van der Waals surface area (Å²) in [5, 5.41) is 9.70. The fourth-order valence-corrected chi connectivity index (χ4v) is 3.71. The number of rotatable bonds is 5. The van der Waals surface area contributed by atoms with Gasteiger partial charge in [0.1, 0.15) is 5.75 Å². The van der Waals surface area contributed by atoms with E-state index in [1.807, 2.05) is 17.0 Å². The predicted octanol–water partition coefficient (Wildman–Crippen LogP) is 1.63. The summed E-state index contributed by atoms with van der Waals surface area (Å²) in [6.45, 7) is 3.66. The Morgan fingerprint density at radius 3 is 2.72 bits per heavy atom. The Labute approximate surface area is 182 Å². The average Bonchev–Trinajstić information content (AvgIpc) is 3.12. The zero-order chi connectivity index (χ0) is 23.8. The summed E-state index contributed by atoms with van der Waals surface area (Å²) >= 11 is 0. The van der Waals surface area contributed by atoms with Crippen molar-refractivity contribution >= 4 is 17.8 Å². The third-order valence-electron chi connectivity index (χ3n) is 5.28. The van der Waals surface area contributed by atoms with Crippen LogP contribution >= 0.6 is 0 Å². The molecule has 2 atom stereocenters. The summed E-state index contributed by atoms with van der Waals surface area (Å²) in [5.74, 6) is -2.02. The minimum absolute atomic E-state index is 0.0439. The van der Waals surface area contributed by atoms with E-state index >= 15 is 0 Å². The van der Waals surface area contributed by atoms with Crippen LogP contribution in [0.25, 0.3) is 0 Å². The maximum absolute atomic E-state index is 12.3. The summed E-state index contributed by atoms with van der Waals surface area (Å²) in [6, 6.07) is 3.74. The van der Waals surface area contributed by atoms with E-state index in [2.05, 4.69) is 10.3 Å². The molecule has 2 N–H and O–H groups in total.